The van der Waals surface area contributed by atoms with Gasteiger partial charge in [0.15, 0.2) is 5.13 Å². The predicted octanol–water partition coefficient (Wildman–Crippen LogP) is 1.74. The number of ether oxygens (including phenoxy) is 1. The first kappa shape index (κ1) is 15.1. The van der Waals surface area contributed by atoms with E-state index in [4.69, 9.17) is 10.5 Å². The van der Waals surface area contributed by atoms with Crippen molar-refractivity contribution in [3.05, 3.63) is 11.1 Å². The van der Waals surface area contributed by atoms with Crippen molar-refractivity contribution in [2.45, 2.75) is 38.6 Å². The monoisotopic (exact) mass is 271 g/mol. The molecule has 1 amide bonds. The molecule has 5 nitrogen and oxygen atoms in total. The number of hydrogen-bond donors (Lipinski definition) is 2. The number of aromatic nitrogens is 1. The highest BCUT2D eigenvalue weighted by atomic mass is 32.1. The predicted molar refractivity (Wildman–Crippen MR) is 73.9 cm³/mol. The molecule has 1 aromatic rings. The van der Waals surface area contributed by atoms with E-state index in [9.17, 15) is 4.79 Å². The van der Waals surface area contributed by atoms with E-state index in [-0.39, 0.29) is 11.3 Å². The van der Waals surface area contributed by atoms with Gasteiger partial charge in [-0.3, -0.25) is 4.79 Å². The van der Waals surface area contributed by atoms with E-state index < -0.39 is 6.04 Å². The van der Waals surface area contributed by atoms with E-state index in [1.807, 2.05) is 5.38 Å². The average Bonchev–Trinajstić information content (AvgIpc) is 2.73. The van der Waals surface area contributed by atoms with Gasteiger partial charge < -0.3 is 15.8 Å². The van der Waals surface area contributed by atoms with Crippen molar-refractivity contribution in [2.24, 2.45) is 5.73 Å². The Morgan fingerprint density at radius 3 is 2.78 bits per heavy atom. The normalized spacial score (nSPS) is 13.4. The summed E-state index contributed by atoms with van der Waals surface area (Å²) >= 11 is 1.42. The van der Waals surface area contributed by atoms with Crippen LogP contribution in [0.25, 0.3) is 0 Å². The first-order valence-corrected chi connectivity index (χ1v) is 6.74. The van der Waals surface area contributed by atoms with Gasteiger partial charge in [-0.1, -0.05) is 20.8 Å². The molecule has 0 saturated carbocycles. The molecule has 102 valence electrons. The zero-order valence-electron chi connectivity index (χ0n) is 11.3. The minimum absolute atomic E-state index is 0.0162. The van der Waals surface area contributed by atoms with Crippen molar-refractivity contribution in [3.63, 3.8) is 0 Å². The molecule has 1 unspecified atom stereocenters. The molecule has 0 aliphatic carbocycles. The van der Waals surface area contributed by atoms with Crippen molar-refractivity contribution in [1.29, 1.82) is 0 Å². The molecule has 1 rings (SSSR count). The molecule has 0 aromatic carbocycles. The van der Waals surface area contributed by atoms with Gasteiger partial charge in [0.25, 0.3) is 0 Å². The van der Waals surface area contributed by atoms with Gasteiger partial charge >= 0.3 is 0 Å². The minimum Gasteiger partial charge on any atom is -0.385 e. The summed E-state index contributed by atoms with van der Waals surface area (Å²) in [6.07, 6.45) is 0.500. The Hall–Kier alpha value is -0.980. The SMILES string of the molecule is COCCC(N)C(=O)Nc1nc(C(C)(C)C)cs1. The van der Waals surface area contributed by atoms with E-state index in [0.29, 0.717) is 18.2 Å². The molecule has 0 bridgehead atoms. The lowest BCUT2D eigenvalue weighted by Crippen LogP contribution is -2.36. The van der Waals surface area contributed by atoms with Gasteiger partial charge in [0.2, 0.25) is 5.91 Å². The van der Waals surface area contributed by atoms with Crippen LogP contribution in [0.3, 0.4) is 0 Å². The Morgan fingerprint density at radius 1 is 1.61 bits per heavy atom. The smallest absolute Gasteiger partial charge is 0.243 e. The van der Waals surface area contributed by atoms with Crippen LogP contribution in [0.1, 0.15) is 32.9 Å². The molecule has 0 spiro atoms. The van der Waals surface area contributed by atoms with Crippen LogP contribution in [0.15, 0.2) is 5.38 Å². The number of rotatable bonds is 5. The average molecular weight is 271 g/mol. The summed E-state index contributed by atoms with van der Waals surface area (Å²) in [6.45, 7) is 6.72. The molecule has 6 heteroatoms. The first-order valence-electron chi connectivity index (χ1n) is 5.86. The van der Waals surface area contributed by atoms with Gasteiger partial charge in [-0.25, -0.2) is 4.98 Å². The maximum atomic E-state index is 11.8. The van der Waals surface area contributed by atoms with Gasteiger partial charge in [-0.15, -0.1) is 11.3 Å². The molecule has 0 aliphatic heterocycles. The standard InChI is InChI=1S/C12H21N3O2S/c1-12(2,3)9-7-18-11(14-9)15-10(16)8(13)5-6-17-4/h7-8H,5-6,13H2,1-4H3,(H,14,15,16). The Kier molecular flexibility index (Phi) is 5.25. The summed E-state index contributed by atoms with van der Waals surface area (Å²) in [5.41, 5.74) is 6.68. The van der Waals surface area contributed by atoms with Gasteiger partial charge in [0, 0.05) is 24.5 Å². The topological polar surface area (TPSA) is 77.2 Å². The summed E-state index contributed by atoms with van der Waals surface area (Å²) in [5, 5.41) is 5.28. The third kappa shape index (κ3) is 4.36. The van der Waals surface area contributed by atoms with Gasteiger partial charge in [0.05, 0.1) is 11.7 Å². The molecular formula is C12H21N3O2S. The first-order chi connectivity index (χ1) is 8.34. The fourth-order valence-corrected chi connectivity index (χ4v) is 2.19. The second-order valence-corrected chi connectivity index (χ2v) is 6.02. The van der Waals surface area contributed by atoms with E-state index in [0.717, 1.165) is 5.69 Å². The Morgan fingerprint density at radius 2 is 2.28 bits per heavy atom. The maximum absolute atomic E-state index is 11.8. The molecule has 0 saturated heterocycles. The van der Waals surface area contributed by atoms with Crippen molar-refractivity contribution >= 4 is 22.4 Å². The number of amides is 1. The lowest BCUT2D eigenvalue weighted by atomic mass is 9.93. The number of carbonyl (C=O) groups is 1. The molecular weight excluding hydrogens is 250 g/mol. The zero-order valence-corrected chi connectivity index (χ0v) is 12.1. The number of carbonyl (C=O) groups excluding carboxylic acids is 1. The number of methoxy groups -OCH3 is 1. The summed E-state index contributed by atoms with van der Waals surface area (Å²) in [4.78, 5) is 16.1. The number of nitrogens with one attached hydrogen (secondary N) is 1. The third-order valence-electron chi connectivity index (χ3n) is 2.47. The highest BCUT2D eigenvalue weighted by Gasteiger charge is 2.19. The molecule has 0 aliphatic rings. The van der Waals surface area contributed by atoms with Crippen LogP contribution >= 0.6 is 11.3 Å². The fourth-order valence-electron chi connectivity index (χ4n) is 1.25. The fraction of sp³-hybridized carbons (Fsp3) is 0.667. The van der Waals surface area contributed by atoms with E-state index >= 15 is 0 Å². The molecule has 1 atom stereocenters. The van der Waals surface area contributed by atoms with E-state index in [2.05, 4.69) is 31.1 Å². The quantitative estimate of drug-likeness (QED) is 0.855. The molecule has 1 aromatic heterocycles. The van der Waals surface area contributed by atoms with Gasteiger partial charge in [0.1, 0.15) is 0 Å². The third-order valence-corrected chi connectivity index (χ3v) is 3.23. The largest absolute Gasteiger partial charge is 0.385 e. The van der Waals surface area contributed by atoms with Crippen LogP contribution in [0.4, 0.5) is 5.13 Å². The van der Waals surface area contributed by atoms with E-state index in [1.54, 1.807) is 7.11 Å². The van der Waals surface area contributed by atoms with Crippen LogP contribution in [-0.4, -0.2) is 30.6 Å². The highest BCUT2D eigenvalue weighted by Crippen LogP contribution is 2.26. The Bertz CT molecular complexity index is 398. The van der Waals surface area contributed by atoms with E-state index in [1.165, 1.54) is 11.3 Å². The number of thiazole rings is 1. The second kappa shape index (κ2) is 6.26. The summed E-state index contributed by atoms with van der Waals surface area (Å²) in [7, 11) is 1.58. The lowest BCUT2D eigenvalue weighted by Gasteiger charge is -2.14. The second-order valence-electron chi connectivity index (χ2n) is 5.17. The molecule has 0 radical (unpaired) electrons. The Labute approximate surface area is 112 Å². The lowest BCUT2D eigenvalue weighted by molar-refractivity contribution is -0.117. The van der Waals surface area contributed by atoms with Crippen LogP contribution in [-0.2, 0) is 14.9 Å². The summed E-state index contributed by atoms with van der Waals surface area (Å²) in [6, 6.07) is -0.563. The minimum atomic E-state index is -0.563. The number of nitrogens with zero attached hydrogens (tertiary/aromatic N) is 1. The van der Waals surface area contributed by atoms with Crippen LogP contribution in [0, 0.1) is 0 Å². The zero-order chi connectivity index (χ0) is 13.8. The number of hydrogen-bond acceptors (Lipinski definition) is 5. The summed E-state index contributed by atoms with van der Waals surface area (Å²) < 4.78 is 4.89. The van der Waals surface area contributed by atoms with Gasteiger partial charge in [-0.2, -0.15) is 0 Å². The van der Waals surface area contributed by atoms with Gasteiger partial charge in [-0.05, 0) is 6.42 Å². The molecule has 18 heavy (non-hydrogen) atoms. The van der Waals surface area contributed by atoms with Crippen molar-refractivity contribution in [1.82, 2.24) is 4.98 Å². The van der Waals surface area contributed by atoms with Crippen molar-refractivity contribution in [2.75, 3.05) is 19.0 Å². The highest BCUT2D eigenvalue weighted by molar-refractivity contribution is 7.13. The molecule has 3 N–H and O–H groups in total. The molecule has 0 fully saturated rings. The van der Waals surface area contributed by atoms with Crippen LogP contribution in [0.2, 0.25) is 0 Å². The molecule has 1 heterocycles. The number of nitrogens with two attached hydrogens (primary N) is 1. The van der Waals surface area contributed by atoms with Crippen LogP contribution in [0.5, 0.6) is 0 Å². The Balaban J connectivity index is 2.57. The van der Waals surface area contributed by atoms with Crippen molar-refractivity contribution < 1.29 is 9.53 Å². The maximum Gasteiger partial charge on any atom is 0.243 e. The number of anilines is 1. The van der Waals surface area contributed by atoms with Crippen molar-refractivity contribution in [3.8, 4) is 0 Å². The van der Waals surface area contributed by atoms with Crippen LogP contribution < -0.4 is 11.1 Å². The summed E-state index contributed by atoms with van der Waals surface area (Å²) in [5.74, 6) is -0.221.